The van der Waals surface area contributed by atoms with Gasteiger partial charge in [-0.3, -0.25) is 28.7 Å². The molecule has 4 heterocycles. The van der Waals surface area contributed by atoms with Crippen LogP contribution in [0.4, 0.5) is 11.9 Å². The zero-order chi connectivity index (χ0) is 30.5. The van der Waals surface area contributed by atoms with Crippen molar-refractivity contribution in [3.8, 4) is 0 Å². The normalized spacial score (nSPS) is 24.6. The minimum atomic E-state index is -4.67. The van der Waals surface area contributed by atoms with E-state index >= 15 is 0 Å². The first-order valence-electron chi connectivity index (χ1n) is 12.8. The molecule has 0 bridgehead atoms. The molecule has 8 N–H and O–H groups in total. The molecule has 2 unspecified atom stereocenters. The molecule has 0 saturated carbocycles. The van der Waals surface area contributed by atoms with Crippen LogP contribution in [0.15, 0.2) is 46.5 Å². The number of ether oxygens (including phenoxy) is 2. The molecule has 21 heteroatoms. The Morgan fingerprint density at radius 2 is 1.21 bits per heavy atom. The van der Waals surface area contributed by atoms with Crippen LogP contribution in [-0.4, -0.2) is 73.7 Å². The number of anilines is 2. The Hall–Kier alpha value is -3.96. The Morgan fingerprint density at radius 1 is 0.791 bits per heavy atom. The number of imidazole rings is 2. The molecule has 0 radical (unpaired) electrons. The van der Waals surface area contributed by atoms with E-state index in [1.807, 2.05) is 0 Å². The summed E-state index contributed by atoms with van der Waals surface area (Å²) in [5.74, 6) is -0.137. The molecule has 19 nitrogen and oxygen atoms in total. The van der Waals surface area contributed by atoms with Crippen LogP contribution >= 0.6 is 15.2 Å². The van der Waals surface area contributed by atoms with Crippen molar-refractivity contribution in [3.05, 3.63) is 57.7 Å². The van der Waals surface area contributed by atoms with E-state index in [1.165, 1.54) is 12.7 Å². The Labute approximate surface area is 240 Å². The zero-order valence-electron chi connectivity index (χ0n) is 22.1. The van der Waals surface area contributed by atoms with Crippen molar-refractivity contribution in [3.63, 3.8) is 0 Å². The van der Waals surface area contributed by atoms with E-state index < -0.39 is 51.2 Å². The Bertz CT molecular complexity index is 1840. The molecule has 0 fully saturated rings. The lowest BCUT2D eigenvalue weighted by Gasteiger charge is -2.20. The molecule has 0 aromatic carbocycles. The third kappa shape index (κ3) is 6.09. The van der Waals surface area contributed by atoms with E-state index in [-0.39, 0.29) is 46.3 Å². The number of fused-ring (bicyclic) bond motifs is 2. The van der Waals surface area contributed by atoms with Gasteiger partial charge in [0.05, 0.1) is 36.9 Å². The number of nitrogens with two attached hydrogens (primary N) is 2. The summed E-state index contributed by atoms with van der Waals surface area (Å²) in [6.45, 7) is 0. The molecule has 0 saturated heterocycles. The minimum absolute atomic E-state index is 0.0684. The van der Waals surface area contributed by atoms with E-state index in [9.17, 15) is 28.5 Å². The fraction of sp³-hybridized carbons (Fsp3) is 0.364. The number of hydrogen-bond donors (Lipinski definition) is 6. The number of allylic oxidation sites excluding steroid dienone is 2. The highest BCUT2D eigenvalue weighted by Crippen LogP contribution is 2.59. The van der Waals surface area contributed by atoms with Crippen LogP contribution in [0.2, 0.25) is 0 Å². The number of H-pyrrole nitrogens is 2. The Morgan fingerprint density at radius 3 is 1.63 bits per heavy atom. The fourth-order valence-corrected chi connectivity index (χ4v) is 7.68. The molecule has 0 amide bonds. The van der Waals surface area contributed by atoms with Gasteiger partial charge in [-0.1, -0.05) is 24.3 Å². The van der Waals surface area contributed by atoms with Gasteiger partial charge in [0, 0.05) is 12.8 Å². The van der Waals surface area contributed by atoms with Crippen LogP contribution in [0.3, 0.4) is 0 Å². The first kappa shape index (κ1) is 29.1. The molecule has 6 rings (SSSR count). The van der Waals surface area contributed by atoms with Crippen molar-refractivity contribution >= 4 is 49.4 Å². The smallest absolute Gasteiger partial charge is 0.360 e. The number of hydrogen-bond acceptors (Lipinski definition) is 13. The molecular formula is C22H26N10O9P2. The summed E-state index contributed by atoms with van der Waals surface area (Å²) in [4.78, 5) is 65.6. The molecule has 6 atom stereocenters. The van der Waals surface area contributed by atoms with Gasteiger partial charge in [0.25, 0.3) is 11.1 Å². The summed E-state index contributed by atoms with van der Waals surface area (Å²) in [7, 11) is -9.35. The third-order valence-electron chi connectivity index (χ3n) is 6.82. The van der Waals surface area contributed by atoms with Gasteiger partial charge >= 0.3 is 15.2 Å². The topological polar surface area (TPSA) is 281 Å². The maximum Gasteiger partial charge on any atom is 0.360 e. The van der Waals surface area contributed by atoms with Crippen molar-refractivity contribution in [2.45, 2.75) is 37.1 Å². The molecule has 0 spiro atoms. The second kappa shape index (κ2) is 10.9. The van der Waals surface area contributed by atoms with Gasteiger partial charge in [-0.25, -0.2) is 14.3 Å². The molecule has 4 aromatic rings. The van der Waals surface area contributed by atoms with Crippen LogP contribution in [0.5, 0.6) is 0 Å². The third-order valence-corrected chi connectivity index (χ3v) is 9.81. The van der Waals surface area contributed by atoms with Gasteiger partial charge in [-0.15, -0.1) is 0 Å². The lowest BCUT2D eigenvalue weighted by atomic mass is 10.2. The second-order valence-electron chi connectivity index (χ2n) is 9.95. The van der Waals surface area contributed by atoms with E-state index in [1.54, 1.807) is 33.4 Å². The maximum absolute atomic E-state index is 12.6. The Balaban J connectivity index is 0.998. The summed E-state index contributed by atoms with van der Waals surface area (Å²) in [6, 6.07) is -0.671. The Kier molecular flexibility index (Phi) is 7.42. The van der Waals surface area contributed by atoms with E-state index in [4.69, 9.17) is 20.9 Å². The summed E-state index contributed by atoms with van der Waals surface area (Å²) in [5.41, 5.74) is 11.1. The highest BCUT2D eigenvalue weighted by molar-refractivity contribution is 7.66. The van der Waals surface area contributed by atoms with Crippen LogP contribution in [0.1, 0.15) is 24.9 Å². The zero-order valence-corrected chi connectivity index (χ0v) is 23.9. The summed E-state index contributed by atoms with van der Waals surface area (Å²) in [5, 5.41) is 0. The minimum Gasteiger partial charge on any atom is -0.369 e. The number of aromatic nitrogens is 8. The van der Waals surface area contributed by atoms with Gasteiger partial charge in [0.1, 0.15) is 12.7 Å². The SMILES string of the molecule is Nc1nc2c(ncn2[C@@H]2C=C[C@H](OCP(=O)(O)OP(=O)(O)CO[C@@H]3C=C[C@H](n4cnc5c(=O)[nH]c(N)nc54)C3)C2)c(=O)[nH]1. The second-order valence-corrected chi connectivity index (χ2v) is 13.7. The van der Waals surface area contributed by atoms with Crippen LogP contribution in [0.25, 0.3) is 22.3 Å². The number of nitrogens with one attached hydrogen (secondary N) is 2. The van der Waals surface area contributed by atoms with Gasteiger partial charge < -0.3 is 39.9 Å². The number of aromatic amines is 2. The van der Waals surface area contributed by atoms with E-state index in [0.717, 1.165) is 0 Å². The van der Waals surface area contributed by atoms with Crippen molar-refractivity contribution in [1.29, 1.82) is 0 Å². The standard InChI is InChI=1S/C22H26N10O9P2/c23-21-27-17-15(19(33)29-21)25-7-31(17)11-1-3-13(5-11)39-9-42(35,36)41-43(37,38)10-40-14-4-2-12(6-14)32-8-26-16-18(32)28-22(24)30-20(16)34/h1-4,7-8,11-14H,5-6,9-10H2,(H,35,36)(H,37,38)(H3,23,27,29,33)(H3,24,28,30,34)/t11-,12+,13+,14-. The molecule has 43 heavy (non-hydrogen) atoms. The van der Waals surface area contributed by atoms with Gasteiger partial charge in [0.2, 0.25) is 11.9 Å². The van der Waals surface area contributed by atoms with E-state index in [2.05, 4.69) is 34.2 Å². The largest absolute Gasteiger partial charge is 0.369 e. The average Bonchev–Trinajstić information content (AvgIpc) is 3.71. The first-order chi connectivity index (χ1) is 20.4. The monoisotopic (exact) mass is 636 g/mol. The molecule has 4 aromatic heterocycles. The summed E-state index contributed by atoms with van der Waals surface area (Å²) < 4.78 is 44.1. The van der Waals surface area contributed by atoms with Gasteiger partial charge in [-0.05, 0) is 0 Å². The number of rotatable bonds is 10. The highest BCUT2D eigenvalue weighted by atomic mass is 31.3. The van der Waals surface area contributed by atoms with Gasteiger partial charge in [-0.2, -0.15) is 9.97 Å². The molecule has 2 aliphatic rings. The lowest BCUT2D eigenvalue weighted by molar-refractivity contribution is 0.0942. The van der Waals surface area contributed by atoms with Crippen LogP contribution in [0, 0.1) is 0 Å². The first-order valence-corrected chi connectivity index (χ1v) is 16.3. The lowest BCUT2D eigenvalue weighted by Crippen LogP contribution is -2.16. The van der Waals surface area contributed by atoms with Gasteiger partial charge in [0.15, 0.2) is 22.3 Å². The number of nitrogens with zero attached hydrogens (tertiary/aromatic N) is 6. The average molecular weight is 636 g/mol. The van der Waals surface area contributed by atoms with E-state index in [0.29, 0.717) is 12.8 Å². The maximum atomic E-state index is 12.6. The molecule has 228 valence electrons. The van der Waals surface area contributed by atoms with Crippen molar-refractivity contribution in [2.24, 2.45) is 0 Å². The van der Waals surface area contributed by atoms with Crippen LogP contribution < -0.4 is 22.6 Å². The fourth-order valence-electron chi connectivity index (χ4n) is 4.95. The van der Waals surface area contributed by atoms with Crippen LogP contribution in [-0.2, 0) is 22.9 Å². The molecule has 2 aliphatic carbocycles. The summed E-state index contributed by atoms with van der Waals surface area (Å²) >= 11 is 0. The van der Waals surface area contributed by atoms with Crippen molar-refractivity contribution in [2.75, 3.05) is 24.2 Å². The molecule has 0 aliphatic heterocycles. The quantitative estimate of drug-likeness (QED) is 0.102. The highest BCUT2D eigenvalue weighted by Gasteiger charge is 2.36. The molecular weight excluding hydrogens is 610 g/mol. The summed E-state index contributed by atoms with van der Waals surface area (Å²) in [6.07, 6.45) is 7.25. The predicted molar refractivity (Wildman–Crippen MR) is 151 cm³/mol. The van der Waals surface area contributed by atoms with Crippen molar-refractivity contribution in [1.82, 2.24) is 39.0 Å². The number of nitrogen functional groups attached to an aromatic ring is 2. The predicted octanol–water partition coefficient (Wildman–Crippen LogP) is 0.492. The van der Waals surface area contributed by atoms with Crippen molar-refractivity contribution < 1.29 is 32.7 Å².